The van der Waals surface area contributed by atoms with Crippen molar-refractivity contribution in [3.63, 3.8) is 0 Å². The number of hydrogen-bond acceptors (Lipinski definition) is 0. The molecule has 0 fully saturated rings. The molecular weight excluding hydrogens is 737 g/mol. The minimum atomic E-state index is 0.371. The highest BCUT2D eigenvalue weighted by atomic mass is 15.0. The standard InChI is InChI=1S/C59H44N2/c1-3-11-40(12-4-1)42-21-23-44(24-22-42)45-29-33-50(34-30-45)60-57-20-10-18-53(57)55-39-48(31-35-58(55)60)49-32-36-59-54(38-49)52-17-7-8-19-56(52)61(59)51-16-9-15-47(37-51)46-27-25-43(26-28-46)41-13-5-2-6-14-41/h1-13,15-19,21-27,29-39,41,46H,14,20,28H2. The topological polar surface area (TPSA) is 9.86 Å². The first-order valence-corrected chi connectivity index (χ1v) is 21.7. The van der Waals surface area contributed by atoms with Crippen molar-refractivity contribution < 1.29 is 0 Å². The van der Waals surface area contributed by atoms with Crippen LogP contribution < -0.4 is 0 Å². The lowest BCUT2D eigenvalue weighted by molar-refractivity contribution is 0.750. The van der Waals surface area contributed by atoms with Gasteiger partial charge in [-0.2, -0.15) is 0 Å². The summed E-state index contributed by atoms with van der Waals surface area (Å²) >= 11 is 0. The van der Waals surface area contributed by atoms with Crippen molar-refractivity contribution in [2.45, 2.75) is 25.2 Å². The van der Waals surface area contributed by atoms with Crippen LogP contribution in [0.4, 0.5) is 0 Å². The van der Waals surface area contributed by atoms with E-state index in [0.29, 0.717) is 11.8 Å². The highest BCUT2D eigenvalue weighted by Gasteiger charge is 2.22. The molecule has 3 aliphatic carbocycles. The van der Waals surface area contributed by atoms with E-state index in [4.69, 9.17) is 0 Å². The van der Waals surface area contributed by atoms with Crippen LogP contribution in [-0.4, -0.2) is 9.13 Å². The number of benzene rings is 7. The van der Waals surface area contributed by atoms with Gasteiger partial charge >= 0.3 is 0 Å². The Balaban J connectivity index is 0.865. The first-order chi connectivity index (χ1) is 30.2. The van der Waals surface area contributed by atoms with E-state index in [9.17, 15) is 0 Å². The van der Waals surface area contributed by atoms with Gasteiger partial charge in [-0.3, -0.25) is 0 Å². The van der Waals surface area contributed by atoms with E-state index in [-0.39, 0.29) is 0 Å². The molecule has 0 radical (unpaired) electrons. The quantitative estimate of drug-likeness (QED) is 0.152. The summed E-state index contributed by atoms with van der Waals surface area (Å²) < 4.78 is 4.92. The summed E-state index contributed by atoms with van der Waals surface area (Å²) in [6.07, 6.45) is 23.8. The first kappa shape index (κ1) is 35.5. The van der Waals surface area contributed by atoms with Crippen LogP contribution in [-0.2, 0) is 6.42 Å². The zero-order valence-electron chi connectivity index (χ0n) is 34.0. The van der Waals surface area contributed by atoms with E-state index in [1.54, 1.807) is 0 Å². The number of fused-ring (bicyclic) bond motifs is 6. The van der Waals surface area contributed by atoms with E-state index in [1.807, 2.05) is 0 Å². The van der Waals surface area contributed by atoms with Gasteiger partial charge in [-0.1, -0.05) is 164 Å². The second kappa shape index (κ2) is 14.7. The SMILES string of the molecule is C1=CCC(C2=CCC(c3cccc(-n4c5ccccc5c5cc(-c6ccc7c(c6)c6c(n7-c7ccc(-c8ccc(-c9ccccc9)cc8)cc7)CC=C6)ccc54)c3)C=C2)C=C1. The molecule has 2 aromatic heterocycles. The molecule has 0 N–H and O–H groups in total. The zero-order valence-corrected chi connectivity index (χ0v) is 34.0. The Morgan fingerprint density at radius 2 is 1.08 bits per heavy atom. The Bertz CT molecular complexity index is 3310. The smallest absolute Gasteiger partial charge is 0.0541 e. The predicted octanol–water partition coefficient (Wildman–Crippen LogP) is 15.4. The molecule has 0 aliphatic heterocycles. The lowest BCUT2D eigenvalue weighted by Gasteiger charge is -2.22. The van der Waals surface area contributed by atoms with Gasteiger partial charge in [0.25, 0.3) is 0 Å². The molecule has 2 nitrogen and oxygen atoms in total. The largest absolute Gasteiger partial charge is 0.313 e. The average Bonchev–Trinajstić information content (AvgIpc) is 4.04. The Hall–Kier alpha value is -7.42. The average molecular weight is 781 g/mol. The summed E-state index contributed by atoms with van der Waals surface area (Å²) in [6.45, 7) is 0. The van der Waals surface area contributed by atoms with E-state index in [0.717, 1.165) is 19.3 Å². The Kier molecular flexibility index (Phi) is 8.55. The van der Waals surface area contributed by atoms with Crippen molar-refractivity contribution in [3.05, 3.63) is 235 Å². The molecule has 2 unspecified atom stereocenters. The lowest BCUT2D eigenvalue weighted by atomic mass is 9.84. The van der Waals surface area contributed by atoms with Gasteiger partial charge < -0.3 is 9.13 Å². The highest BCUT2D eigenvalue weighted by molar-refractivity contribution is 6.10. The maximum absolute atomic E-state index is 2.46. The van der Waals surface area contributed by atoms with E-state index in [1.165, 1.54) is 99.9 Å². The van der Waals surface area contributed by atoms with Crippen LogP contribution in [0.1, 0.15) is 35.6 Å². The van der Waals surface area contributed by atoms with Crippen molar-refractivity contribution in [2.75, 3.05) is 0 Å². The van der Waals surface area contributed by atoms with Crippen LogP contribution in [0, 0.1) is 5.92 Å². The van der Waals surface area contributed by atoms with Gasteiger partial charge in [0.2, 0.25) is 0 Å². The first-order valence-electron chi connectivity index (χ1n) is 21.7. The van der Waals surface area contributed by atoms with Gasteiger partial charge in [0.15, 0.2) is 0 Å². The van der Waals surface area contributed by atoms with Gasteiger partial charge in [-0.15, -0.1) is 0 Å². The number of nitrogens with zero attached hydrogens (tertiary/aromatic N) is 2. The summed E-state index contributed by atoms with van der Waals surface area (Å²) in [5.74, 6) is 0.867. The molecule has 0 saturated carbocycles. The van der Waals surface area contributed by atoms with Crippen LogP contribution in [0.2, 0.25) is 0 Å². The monoisotopic (exact) mass is 780 g/mol. The maximum atomic E-state index is 2.46. The second-order valence-electron chi connectivity index (χ2n) is 16.8. The lowest BCUT2D eigenvalue weighted by Crippen LogP contribution is -2.06. The summed E-state index contributed by atoms with van der Waals surface area (Å²) in [4.78, 5) is 0. The van der Waals surface area contributed by atoms with Crippen molar-refractivity contribution in [1.82, 2.24) is 9.13 Å². The number of aromatic nitrogens is 2. The molecule has 0 spiro atoms. The van der Waals surface area contributed by atoms with Crippen molar-refractivity contribution in [1.29, 1.82) is 0 Å². The van der Waals surface area contributed by atoms with Crippen LogP contribution in [0.5, 0.6) is 0 Å². The Labute approximate surface area is 357 Å². The third kappa shape index (κ3) is 6.18. The highest BCUT2D eigenvalue weighted by Crippen LogP contribution is 2.40. The Morgan fingerprint density at radius 3 is 1.82 bits per heavy atom. The minimum absolute atomic E-state index is 0.371. The molecule has 3 aliphatic rings. The van der Waals surface area contributed by atoms with Gasteiger partial charge in [-0.25, -0.2) is 0 Å². The van der Waals surface area contributed by atoms with Crippen LogP contribution in [0.3, 0.4) is 0 Å². The van der Waals surface area contributed by atoms with E-state index < -0.39 is 0 Å². The molecule has 2 heterocycles. The molecule has 290 valence electrons. The number of allylic oxidation sites excluding steroid dienone is 9. The fraction of sp³-hybridized carbons (Fsp3) is 0.0847. The van der Waals surface area contributed by atoms with Crippen LogP contribution >= 0.6 is 0 Å². The molecule has 12 rings (SSSR count). The van der Waals surface area contributed by atoms with Gasteiger partial charge in [-0.05, 0) is 112 Å². The minimum Gasteiger partial charge on any atom is -0.313 e. The van der Waals surface area contributed by atoms with Gasteiger partial charge in [0, 0.05) is 57.0 Å². The fourth-order valence-electron chi connectivity index (χ4n) is 10.1. The van der Waals surface area contributed by atoms with E-state index >= 15 is 0 Å². The molecule has 9 aromatic rings. The summed E-state index contributed by atoms with van der Waals surface area (Å²) in [7, 11) is 0. The number of hydrogen-bond donors (Lipinski definition) is 0. The van der Waals surface area contributed by atoms with E-state index in [2.05, 4.69) is 228 Å². The zero-order chi connectivity index (χ0) is 40.3. The third-order valence-electron chi connectivity index (χ3n) is 13.3. The summed E-state index contributed by atoms with van der Waals surface area (Å²) in [5, 5.41) is 3.85. The van der Waals surface area contributed by atoms with Crippen molar-refractivity contribution in [2.24, 2.45) is 5.92 Å². The van der Waals surface area contributed by atoms with Crippen molar-refractivity contribution >= 4 is 38.8 Å². The summed E-state index contributed by atoms with van der Waals surface area (Å²) in [5.41, 5.74) is 19.0. The second-order valence-corrected chi connectivity index (χ2v) is 16.8. The van der Waals surface area contributed by atoms with Gasteiger partial charge in [0.1, 0.15) is 0 Å². The maximum Gasteiger partial charge on any atom is 0.0541 e. The molecule has 2 atom stereocenters. The molecule has 0 bridgehead atoms. The Morgan fingerprint density at radius 1 is 0.410 bits per heavy atom. The van der Waals surface area contributed by atoms with Gasteiger partial charge in [0.05, 0.1) is 16.6 Å². The molecule has 61 heavy (non-hydrogen) atoms. The van der Waals surface area contributed by atoms with Crippen LogP contribution in [0.15, 0.2) is 218 Å². The number of rotatable bonds is 7. The predicted molar refractivity (Wildman–Crippen MR) is 258 cm³/mol. The summed E-state index contributed by atoms with van der Waals surface area (Å²) in [6, 6.07) is 60.7. The molecule has 2 heteroatoms. The normalized spacial score (nSPS) is 16.8. The van der Waals surface area contributed by atoms with Crippen LogP contribution in [0.25, 0.3) is 83.5 Å². The molecular formula is C59H44N2. The molecule has 0 amide bonds. The molecule has 7 aromatic carbocycles. The van der Waals surface area contributed by atoms with Crippen molar-refractivity contribution in [3.8, 4) is 44.8 Å². The molecule has 0 saturated heterocycles. The number of para-hydroxylation sites is 1. The fourth-order valence-corrected chi connectivity index (χ4v) is 10.1. The third-order valence-corrected chi connectivity index (χ3v) is 13.3.